The van der Waals surface area contributed by atoms with Crippen LogP contribution >= 0.6 is 15.9 Å². The van der Waals surface area contributed by atoms with Gasteiger partial charge in [-0.2, -0.15) is 0 Å². The fourth-order valence-corrected chi connectivity index (χ4v) is 3.82. The Bertz CT molecular complexity index is 441. The highest BCUT2D eigenvalue weighted by atomic mass is 79.9. The Morgan fingerprint density at radius 3 is 3.06 bits per heavy atom. The summed E-state index contributed by atoms with van der Waals surface area (Å²) < 4.78 is 26.4. The molecule has 1 aromatic rings. The summed E-state index contributed by atoms with van der Waals surface area (Å²) >= 11 is 3.34. The van der Waals surface area contributed by atoms with Crippen LogP contribution in [0.15, 0.2) is 22.7 Å². The van der Waals surface area contributed by atoms with Gasteiger partial charge in [-0.15, -0.1) is 0 Å². The first-order valence-corrected chi connectivity index (χ1v) is 7.90. The van der Waals surface area contributed by atoms with Crippen molar-refractivity contribution in [2.75, 3.05) is 11.5 Å². The van der Waals surface area contributed by atoms with Crippen molar-refractivity contribution in [2.24, 2.45) is 0 Å². The third kappa shape index (κ3) is 3.36. The van der Waals surface area contributed by atoms with Gasteiger partial charge in [-0.3, -0.25) is 4.21 Å². The Hall–Kier alpha value is -0.260. The topological polar surface area (TPSA) is 29.1 Å². The highest BCUT2D eigenvalue weighted by Gasteiger charge is 2.24. The maximum absolute atomic E-state index is 13.8. The number of hydrogen-bond acceptors (Lipinski definition) is 2. The minimum absolute atomic E-state index is 0.161. The van der Waals surface area contributed by atoms with E-state index in [1.165, 1.54) is 6.07 Å². The van der Waals surface area contributed by atoms with Gasteiger partial charge in [-0.1, -0.05) is 15.9 Å². The van der Waals surface area contributed by atoms with Crippen LogP contribution in [0.4, 0.5) is 4.39 Å². The summed E-state index contributed by atoms with van der Waals surface area (Å²) in [6.07, 6.45) is 0.874. The molecular formula is C12H15BrFNOS. The summed E-state index contributed by atoms with van der Waals surface area (Å²) in [6.45, 7) is 2.05. The van der Waals surface area contributed by atoms with Crippen LogP contribution in [0, 0.1) is 5.82 Å². The van der Waals surface area contributed by atoms with Crippen molar-refractivity contribution in [3.63, 3.8) is 0 Å². The van der Waals surface area contributed by atoms with Gasteiger partial charge in [0.2, 0.25) is 0 Å². The monoisotopic (exact) mass is 319 g/mol. The third-order valence-electron chi connectivity index (χ3n) is 2.95. The van der Waals surface area contributed by atoms with Crippen LogP contribution < -0.4 is 5.32 Å². The fraction of sp³-hybridized carbons (Fsp3) is 0.500. The van der Waals surface area contributed by atoms with Crippen molar-refractivity contribution in [3.05, 3.63) is 34.1 Å². The standard InChI is InChI=1S/C12H15BrFNOS/c1-8-4-5-17(16)7-12(15-8)10-6-9(13)2-3-11(10)14/h2-3,6,8,12,15H,4-5,7H2,1H3. The lowest BCUT2D eigenvalue weighted by Gasteiger charge is -2.20. The van der Waals surface area contributed by atoms with Gasteiger partial charge in [0, 0.05) is 44.4 Å². The number of nitrogens with one attached hydrogen (secondary N) is 1. The molecule has 1 aliphatic rings. The highest BCUT2D eigenvalue weighted by molar-refractivity contribution is 9.10. The average molecular weight is 320 g/mol. The van der Waals surface area contributed by atoms with E-state index >= 15 is 0 Å². The molecule has 2 nitrogen and oxygen atoms in total. The van der Waals surface area contributed by atoms with Gasteiger partial charge in [-0.25, -0.2) is 4.39 Å². The van der Waals surface area contributed by atoms with E-state index in [2.05, 4.69) is 21.2 Å². The molecule has 94 valence electrons. The Labute approximate surface area is 112 Å². The number of rotatable bonds is 1. The van der Waals surface area contributed by atoms with E-state index in [0.717, 1.165) is 10.9 Å². The first kappa shape index (κ1) is 13.2. The number of benzene rings is 1. The predicted octanol–water partition coefficient (Wildman–Crippen LogP) is 2.76. The summed E-state index contributed by atoms with van der Waals surface area (Å²) in [5, 5.41) is 3.34. The largest absolute Gasteiger partial charge is 0.307 e. The van der Waals surface area contributed by atoms with Crippen LogP contribution in [0.2, 0.25) is 0 Å². The highest BCUT2D eigenvalue weighted by Crippen LogP contribution is 2.24. The molecule has 1 fully saturated rings. The minimum atomic E-state index is -0.868. The molecule has 0 spiro atoms. The molecule has 1 aromatic carbocycles. The van der Waals surface area contributed by atoms with E-state index in [-0.39, 0.29) is 17.9 Å². The fourth-order valence-electron chi connectivity index (χ4n) is 2.01. The summed E-state index contributed by atoms with van der Waals surface area (Å²) in [5.74, 6) is 0.939. The lowest BCUT2D eigenvalue weighted by molar-refractivity contribution is 0.467. The van der Waals surface area contributed by atoms with Crippen LogP contribution in [0.1, 0.15) is 24.9 Å². The molecule has 0 bridgehead atoms. The zero-order valence-corrected chi connectivity index (χ0v) is 12.0. The maximum atomic E-state index is 13.8. The molecule has 0 saturated carbocycles. The molecule has 1 heterocycles. The van der Waals surface area contributed by atoms with Crippen molar-refractivity contribution in [1.82, 2.24) is 5.32 Å². The molecule has 0 aliphatic carbocycles. The van der Waals surface area contributed by atoms with Crippen LogP contribution in [0.5, 0.6) is 0 Å². The van der Waals surface area contributed by atoms with Gasteiger partial charge < -0.3 is 5.32 Å². The second-order valence-electron chi connectivity index (χ2n) is 4.39. The zero-order valence-electron chi connectivity index (χ0n) is 9.58. The van der Waals surface area contributed by atoms with E-state index in [9.17, 15) is 8.60 Å². The van der Waals surface area contributed by atoms with Crippen molar-refractivity contribution >= 4 is 26.7 Å². The van der Waals surface area contributed by atoms with Gasteiger partial charge in [0.05, 0.1) is 0 Å². The van der Waals surface area contributed by atoms with E-state index in [1.54, 1.807) is 12.1 Å². The SMILES string of the molecule is CC1CCS(=O)CC(c2cc(Br)ccc2F)N1. The molecule has 0 aromatic heterocycles. The molecule has 0 radical (unpaired) electrons. The van der Waals surface area contributed by atoms with Crippen molar-refractivity contribution in [3.8, 4) is 0 Å². The Balaban J connectivity index is 2.30. The molecule has 1 aliphatic heterocycles. The van der Waals surface area contributed by atoms with Gasteiger partial charge in [0.1, 0.15) is 5.82 Å². The van der Waals surface area contributed by atoms with Gasteiger partial charge in [0.15, 0.2) is 0 Å². The van der Waals surface area contributed by atoms with Crippen molar-refractivity contribution < 1.29 is 8.60 Å². The predicted molar refractivity (Wildman–Crippen MR) is 71.9 cm³/mol. The van der Waals surface area contributed by atoms with Gasteiger partial charge in [-0.05, 0) is 31.5 Å². The van der Waals surface area contributed by atoms with Crippen LogP contribution in [-0.2, 0) is 10.8 Å². The third-order valence-corrected chi connectivity index (χ3v) is 4.84. The molecule has 1 N–H and O–H groups in total. The maximum Gasteiger partial charge on any atom is 0.128 e. The quantitative estimate of drug-likeness (QED) is 0.862. The van der Waals surface area contributed by atoms with E-state index in [4.69, 9.17) is 0 Å². The summed E-state index contributed by atoms with van der Waals surface area (Å²) in [5.41, 5.74) is 0.599. The van der Waals surface area contributed by atoms with E-state index < -0.39 is 10.8 Å². The van der Waals surface area contributed by atoms with Gasteiger partial charge in [0.25, 0.3) is 0 Å². The second-order valence-corrected chi connectivity index (χ2v) is 6.92. The van der Waals surface area contributed by atoms with Crippen molar-refractivity contribution in [2.45, 2.75) is 25.4 Å². The Morgan fingerprint density at radius 1 is 1.53 bits per heavy atom. The first-order chi connectivity index (χ1) is 8.06. The van der Waals surface area contributed by atoms with Crippen LogP contribution in [0.25, 0.3) is 0 Å². The molecule has 0 amide bonds. The molecular weight excluding hydrogens is 305 g/mol. The molecule has 1 saturated heterocycles. The number of hydrogen-bond donors (Lipinski definition) is 1. The smallest absolute Gasteiger partial charge is 0.128 e. The molecule has 5 heteroatoms. The number of halogens is 2. The van der Waals surface area contributed by atoms with Crippen LogP contribution in [-0.4, -0.2) is 21.8 Å². The lowest BCUT2D eigenvalue weighted by atomic mass is 10.1. The summed E-state index contributed by atoms with van der Waals surface area (Å²) in [4.78, 5) is 0. The van der Waals surface area contributed by atoms with E-state index in [1.807, 2.05) is 6.92 Å². The Kier molecular flexibility index (Phi) is 4.33. The van der Waals surface area contributed by atoms with Gasteiger partial charge >= 0.3 is 0 Å². The normalized spacial score (nSPS) is 29.9. The van der Waals surface area contributed by atoms with Crippen molar-refractivity contribution in [1.29, 1.82) is 0 Å². The first-order valence-electron chi connectivity index (χ1n) is 5.62. The zero-order chi connectivity index (χ0) is 12.4. The van der Waals surface area contributed by atoms with Crippen LogP contribution in [0.3, 0.4) is 0 Å². The average Bonchev–Trinajstić information content (AvgIpc) is 2.44. The molecule has 17 heavy (non-hydrogen) atoms. The minimum Gasteiger partial charge on any atom is -0.307 e. The summed E-state index contributed by atoms with van der Waals surface area (Å²) in [7, 11) is -0.868. The molecule has 3 unspecified atom stereocenters. The molecule has 2 rings (SSSR count). The second kappa shape index (κ2) is 5.59. The van der Waals surface area contributed by atoms with E-state index in [0.29, 0.717) is 17.1 Å². The molecule has 3 atom stereocenters. The lowest BCUT2D eigenvalue weighted by Crippen LogP contribution is -2.31. The Morgan fingerprint density at radius 2 is 2.29 bits per heavy atom. The summed E-state index contributed by atoms with van der Waals surface area (Å²) in [6, 6.07) is 4.99.